The molecule has 0 aliphatic carbocycles. The van der Waals surface area contributed by atoms with E-state index in [0.29, 0.717) is 38.2 Å². The third-order valence-corrected chi connectivity index (χ3v) is 6.10. The Morgan fingerprint density at radius 1 is 1.13 bits per heavy atom. The minimum atomic E-state index is -4.41. The first-order chi connectivity index (χ1) is 14.3. The fraction of sp³-hybridized carbons (Fsp3) is 0.435. The number of carbonyl (C=O) groups is 1. The van der Waals surface area contributed by atoms with Gasteiger partial charge in [-0.3, -0.25) is 15.0 Å². The monoisotopic (exact) mass is 420 g/mol. The number of rotatable bonds is 5. The van der Waals surface area contributed by atoms with Gasteiger partial charge in [-0.15, -0.1) is 0 Å². The zero-order chi connectivity index (χ0) is 21.4. The molecule has 1 N–H and O–H groups in total. The predicted octanol–water partition coefficient (Wildman–Crippen LogP) is 3.90. The summed E-state index contributed by atoms with van der Waals surface area (Å²) in [6.45, 7) is 1.84. The van der Waals surface area contributed by atoms with Crippen LogP contribution in [0.25, 0.3) is 0 Å². The maximum absolute atomic E-state index is 13.8. The molecule has 2 aromatic rings. The van der Waals surface area contributed by atoms with Crippen molar-refractivity contribution in [1.29, 1.82) is 0 Å². The van der Waals surface area contributed by atoms with Gasteiger partial charge in [-0.05, 0) is 41.7 Å². The number of carbonyl (C=O) groups excluding carboxylic acids is 1. The van der Waals surface area contributed by atoms with Crippen molar-refractivity contribution < 1.29 is 22.4 Å². The van der Waals surface area contributed by atoms with Crippen molar-refractivity contribution in [3.8, 4) is 0 Å². The summed E-state index contributed by atoms with van der Waals surface area (Å²) < 4.78 is 52.3. The summed E-state index contributed by atoms with van der Waals surface area (Å²) in [6.07, 6.45) is -4.06. The number of benzene rings is 2. The van der Waals surface area contributed by atoms with Gasteiger partial charge in [0.25, 0.3) is 0 Å². The Labute approximate surface area is 173 Å². The molecule has 2 aromatic carbocycles. The molecule has 2 atom stereocenters. The maximum atomic E-state index is 13.8. The van der Waals surface area contributed by atoms with Gasteiger partial charge in [-0.2, -0.15) is 13.2 Å². The van der Waals surface area contributed by atoms with E-state index in [9.17, 15) is 22.4 Å². The average Bonchev–Trinajstić information content (AvgIpc) is 3.12. The van der Waals surface area contributed by atoms with Crippen molar-refractivity contribution in [2.75, 3.05) is 26.2 Å². The van der Waals surface area contributed by atoms with E-state index in [0.717, 1.165) is 29.7 Å². The lowest BCUT2D eigenvalue weighted by Gasteiger charge is -2.41. The second-order valence-electron chi connectivity index (χ2n) is 8.15. The summed E-state index contributed by atoms with van der Waals surface area (Å²) in [5.41, 5.74) is 0.757. The molecule has 0 saturated carbocycles. The van der Waals surface area contributed by atoms with E-state index in [1.54, 1.807) is 0 Å². The van der Waals surface area contributed by atoms with E-state index in [4.69, 9.17) is 0 Å². The van der Waals surface area contributed by atoms with Gasteiger partial charge in [0.2, 0.25) is 0 Å². The molecular weight excluding hydrogens is 396 g/mol. The minimum Gasteiger partial charge on any atom is -0.300 e. The van der Waals surface area contributed by atoms with E-state index in [-0.39, 0.29) is 12.2 Å². The van der Waals surface area contributed by atoms with Crippen LogP contribution >= 0.6 is 0 Å². The lowest BCUT2D eigenvalue weighted by Crippen LogP contribution is -2.59. The molecule has 0 bridgehead atoms. The summed E-state index contributed by atoms with van der Waals surface area (Å²) in [5, 5.41) is 3.39. The highest BCUT2D eigenvalue weighted by molar-refractivity contribution is 5.92. The van der Waals surface area contributed by atoms with Crippen LogP contribution < -0.4 is 5.32 Å². The molecular formula is C23H24F4N2O. The second-order valence-corrected chi connectivity index (χ2v) is 8.15. The molecule has 1 fully saturated rings. The number of ketones is 1. The van der Waals surface area contributed by atoms with E-state index in [1.165, 1.54) is 12.1 Å². The Kier molecular flexibility index (Phi) is 5.68. The summed E-state index contributed by atoms with van der Waals surface area (Å²) >= 11 is 0. The van der Waals surface area contributed by atoms with Crippen molar-refractivity contribution in [1.82, 2.24) is 10.2 Å². The quantitative estimate of drug-likeness (QED) is 0.745. The number of hydrogen-bond acceptors (Lipinski definition) is 3. The van der Waals surface area contributed by atoms with Gasteiger partial charge >= 0.3 is 6.18 Å². The van der Waals surface area contributed by atoms with Crippen LogP contribution in [0.15, 0.2) is 48.5 Å². The molecule has 30 heavy (non-hydrogen) atoms. The van der Waals surface area contributed by atoms with Crippen LogP contribution in [0.1, 0.15) is 28.7 Å². The van der Waals surface area contributed by atoms with Gasteiger partial charge in [0.1, 0.15) is 11.7 Å². The first kappa shape index (κ1) is 21.0. The molecule has 7 heteroatoms. The summed E-state index contributed by atoms with van der Waals surface area (Å²) in [5.74, 6) is -0.114. The first-order valence-corrected chi connectivity index (χ1v) is 10.2. The van der Waals surface area contributed by atoms with Crippen molar-refractivity contribution in [3.63, 3.8) is 0 Å². The number of halogens is 4. The van der Waals surface area contributed by atoms with Gasteiger partial charge in [-0.1, -0.05) is 36.4 Å². The van der Waals surface area contributed by atoms with Crippen LogP contribution in [-0.4, -0.2) is 43.0 Å². The van der Waals surface area contributed by atoms with Crippen molar-refractivity contribution in [2.24, 2.45) is 0 Å². The van der Waals surface area contributed by atoms with Crippen molar-refractivity contribution >= 4 is 5.78 Å². The molecule has 1 unspecified atom stereocenters. The van der Waals surface area contributed by atoms with Gasteiger partial charge in [-0.25, -0.2) is 4.39 Å². The standard InChI is InChI=1S/C23H24F4N2O/c24-19-10-12-29(14-19)15-22(20-4-2-1-3-17(20)9-11-28-22)21(30)13-16-5-7-18(8-6-16)23(25,26)27/h1-8,19,28H,9-15H2/t19-,22?/m0/s1. The third kappa shape index (κ3) is 4.14. The molecule has 4 rings (SSSR count). The molecule has 3 nitrogen and oxygen atoms in total. The Morgan fingerprint density at radius 2 is 1.87 bits per heavy atom. The minimum absolute atomic E-state index is 0.00631. The van der Waals surface area contributed by atoms with Crippen molar-refractivity contribution in [3.05, 3.63) is 70.8 Å². The second kappa shape index (κ2) is 8.12. The lowest BCUT2D eigenvalue weighted by atomic mass is 9.77. The normalized spacial score (nSPS) is 24.6. The Hall–Kier alpha value is -2.25. The maximum Gasteiger partial charge on any atom is 0.416 e. The average molecular weight is 420 g/mol. The topological polar surface area (TPSA) is 32.3 Å². The molecule has 2 aliphatic rings. The molecule has 0 spiro atoms. The number of Topliss-reactive ketones (excluding diaryl/α,β-unsaturated/α-hetero) is 1. The number of likely N-dealkylation sites (tertiary alicyclic amines) is 1. The first-order valence-electron chi connectivity index (χ1n) is 10.2. The van der Waals surface area contributed by atoms with Gasteiger partial charge < -0.3 is 0 Å². The largest absolute Gasteiger partial charge is 0.416 e. The van der Waals surface area contributed by atoms with Crippen LogP contribution in [-0.2, 0) is 29.4 Å². The molecule has 1 saturated heterocycles. The molecule has 2 aliphatic heterocycles. The van der Waals surface area contributed by atoms with Crippen LogP contribution in [0.2, 0.25) is 0 Å². The summed E-state index contributed by atoms with van der Waals surface area (Å²) in [7, 11) is 0. The van der Waals surface area contributed by atoms with Gasteiger partial charge in [0.15, 0.2) is 5.78 Å². The highest BCUT2D eigenvalue weighted by Gasteiger charge is 2.45. The van der Waals surface area contributed by atoms with E-state index in [2.05, 4.69) is 5.32 Å². The highest BCUT2D eigenvalue weighted by atomic mass is 19.4. The van der Waals surface area contributed by atoms with E-state index < -0.39 is 23.5 Å². The Morgan fingerprint density at radius 3 is 2.53 bits per heavy atom. The molecule has 0 aromatic heterocycles. The van der Waals surface area contributed by atoms with Gasteiger partial charge in [0.05, 0.1) is 5.56 Å². The highest BCUT2D eigenvalue weighted by Crippen LogP contribution is 2.34. The van der Waals surface area contributed by atoms with Crippen LogP contribution in [0.4, 0.5) is 17.6 Å². The zero-order valence-corrected chi connectivity index (χ0v) is 16.5. The summed E-state index contributed by atoms with van der Waals surface area (Å²) in [4.78, 5) is 15.6. The molecule has 0 amide bonds. The smallest absolute Gasteiger partial charge is 0.300 e. The van der Waals surface area contributed by atoms with E-state index >= 15 is 0 Å². The lowest BCUT2D eigenvalue weighted by molar-refractivity contribution is -0.137. The Balaban J connectivity index is 1.64. The van der Waals surface area contributed by atoms with E-state index in [1.807, 2.05) is 29.2 Å². The number of fused-ring (bicyclic) bond motifs is 1. The van der Waals surface area contributed by atoms with Gasteiger partial charge in [0, 0.05) is 32.6 Å². The summed E-state index contributed by atoms with van der Waals surface area (Å²) in [6, 6.07) is 12.5. The van der Waals surface area contributed by atoms with Crippen LogP contribution in [0, 0.1) is 0 Å². The number of alkyl halides is 4. The number of hydrogen-bond donors (Lipinski definition) is 1. The third-order valence-electron chi connectivity index (χ3n) is 6.10. The molecule has 2 heterocycles. The van der Waals surface area contributed by atoms with Crippen molar-refractivity contribution in [2.45, 2.75) is 37.1 Å². The molecule has 160 valence electrons. The number of nitrogens with zero attached hydrogens (tertiary/aromatic N) is 1. The zero-order valence-electron chi connectivity index (χ0n) is 16.5. The predicted molar refractivity (Wildman–Crippen MR) is 106 cm³/mol. The fourth-order valence-electron chi connectivity index (χ4n) is 4.55. The van der Waals surface area contributed by atoms with Crippen LogP contribution in [0.5, 0.6) is 0 Å². The Bertz CT molecular complexity index is 912. The SMILES string of the molecule is O=C(Cc1ccc(C(F)(F)F)cc1)C1(CN2CC[C@H](F)C2)NCCc2ccccc21. The fourth-order valence-corrected chi connectivity index (χ4v) is 4.55. The molecule has 0 radical (unpaired) electrons. The van der Waals surface area contributed by atoms with Crippen LogP contribution in [0.3, 0.4) is 0 Å². The number of nitrogens with one attached hydrogen (secondary N) is 1.